The van der Waals surface area contributed by atoms with Gasteiger partial charge in [0.2, 0.25) is 0 Å². The van der Waals surface area contributed by atoms with Crippen molar-refractivity contribution >= 4 is 23.9 Å². The maximum absolute atomic E-state index is 10.4. The molecule has 2 aromatic carbocycles. The van der Waals surface area contributed by atoms with Gasteiger partial charge in [-0.1, -0.05) is 24.3 Å². The van der Waals surface area contributed by atoms with Crippen LogP contribution in [0.2, 0.25) is 0 Å². The molecule has 90 valence electrons. The van der Waals surface area contributed by atoms with E-state index in [9.17, 15) is 5.11 Å². The number of fused-ring (bicyclic) bond motifs is 2. The van der Waals surface area contributed by atoms with Crippen LogP contribution in [0.5, 0.6) is 5.75 Å². The van der Waals surface area contributed by atoms with Gasteiger partial charge in [0.05, 0.1) is 10.6 Å². The monoisotopic (exact) mass is 247 g/mol. The predicted molar refractivity (Wildman–Crippen MR) is 73.1 cm³/mol. The Bertz CT molecular complexity index is 957. The lowest BCUT2D eigenvalue weighted by atomic mass is 10.1. The fourth-order valence-electron chi connectivity index (χ4n) is 2.39. The highest BCUT2D eigenvalue weighted by atomic mass is 16.3. The summed E-state index contributed by atoms with van der Waals surface area (Å²) < 4.78 is 0. The first-order valence-electron chi connectivity index (χ1n) is 5.96. The summed E-state index contributed by atoms with van der Waals surface area (Å²) in [5.41, 5.74) is 0.600. The van der Waals surface area contributed by atoms with Crippen LogP contribution in [0, 0.1) is 10.4 Å². The second kappa shape index (κ2) is 3.62. The van der Waals surface area contributed by atoms with Crippen LogP contribution in [-0.2, 0) is 0 Å². The standard InChI is InChI=1S/C15H9N3O/c19-14-11(15-16-7-8-17-15)6-5-10-9-3-1-2-4-12(9)18-13(10)14/h1-8,19H. The Morgan fingerprint density at radius 1 is 0.789 bits per heavy atom. The van der Waals surface area contributed by atoms with Gasteiger partial charge in [0.1, 0.15) is 5.69 Å². The predicted octanol–water partition coefficient (Wildman–Crippen LogP) is 1.16. The van der Waals surface area contributed by atoms with Gasteiger partial charge in [-0.05, 0) is 12.1 Å². The van der Waals surface area contributed by atoms with E-state index in [4.69, 9.17) is 0 Å². The minimum Gasteiger partial charge on any atom is -0.505 e. The fraction of sp³-hybridized carbons (Fsp3) is 0. The van der Waals surface area contributed by atoms with Crippen molar-refractivity contribution in [2.75, 3.05) is 0 Å². The number of nitrogens with zero attached hydrogens (tertiary/aromatic N) is 3. The SMILES string of the molecule is Oc1c2c(ccc1=C1N=CC=N1)=c1ccccc1=N2. The van der Waals surface area contributed by atoms with Gasteiger partial charge in [0, 0.05) is 22.9 Å². The van der Waals surface area contributed by atoms with Gasteiger partial charge < -0.3 is 5.11 Å². The van der Waals surface area contributed by atoms with Crippen molar-refractivity contribution in [3.63, 3.8) is 0 Å². The number of para-hydroxylation sites is 1. The minimum absolute atomic E-state index is 0.139. The number of aliphatic imine (C=N–C) groups is 2. The molecule has 0 unspecified atom stereocenters. The first-order valence-corrected chi connectivity index (χ1v) is 5.96. The van der Waals surface area contributed by atoms with Crippen LogP contribution in [0.15, 0.2) is 51.4 Å². The number of phenolic OH excluding ortho intramolecular Hbond substituents is 1. The molecule has 0 saturated carbocycles. The van der Waals surface area contributed by atoms with E-state index >= 15 is 0 Å². The van der Waals surface area contributed by atoms with Crippen molar-refractivity contribution in [2.24, 2.45) is 15.0 Å². The molecule has 0 amide bonds. The molecule has 0 fully saturated rings. The van der Waals surface area contributed by atoms with Crippen LogP contribution in [0.25, 0.3) is 5.82 Å². The molecule has 0 spiro atoms. The van der Waals surface area contributed by atoms with E-state index in [1.807, 2.05) is 36.4 Å². The summed E-state index contributed by atoms with van der Waals surface area (Å²) in [7, 11) is 0. The smallest absolute Gasteiger partial charge is 0.163 e. The molecule has 0 aromatic heterocycles. The first-order chi connectivity index (χ1) is 9.34. The van der Waals surface area contributed by atoms with Gasteiger partial charge in [-0.25, -0.2) is 15.0 Å². The van der Waals surface area contributed by atoms with Crippen LogP contribution in [0.4, 0.5) is 5.69 Å². The quantitative estimate of drug-likeness (QED) is 0.637. The van der Waals surface area contributed by atoms with E-state index in [1.54, 1.807) is 12.4 Å². The van der Waals surface area contributed by atoms with E-state index in [0.29, 0.717) is 16.7 Å². The zero-order chi connectivity index (χ0) is 12.8. The second-order valence-corrected chi connectivity index (χ2v) is 4.37. The number of hydrogen-bond donors (Lipinski definition) is 1. The molecule has 4 heteroatoms. The number of benzene rings is 2. The average Bonchev–Trinajstić information content (AvgIpc) is 3.06. The minimum atomic E-state index is 0.139. The van der Waals surface area contributed by atoms with Gasteiger partial charge in [0.15, 0.2) is 11.6 Å². The lowest BCUT2D eigenvalue weighted by Gasteiger charge is -1.99. The molecule has 1 N–H and O–H groups in total. The Hall–Kier alpha value is -2.75. The highest BCUT2D eigenvalue weighted by Crippen LogP contribution is 2.26. The van der Waals surface area contributed by atoms with Crippen LogP contribution >= 0.6 is 0 Å². The van der Waals surface area contributed by atoms with Crippen molar-refractivity contribution in [3.8, 4) is 5.75 Å². The first kappa shape index (κ1) is 10.2. The Morgan fingerprint density at radius 2 is 1.53 bits per heavy atom. The van der Waals surface area contributed by atoms with Crippen LogP contribution in [0.3, 0.4) is 0 Å². The van der Waals surface area contributed by atoms with Crippen molar-refractivity contribution in [3.05, 3.63) is 57.4 Å². The zero-order valence-corrected chi connectivity index (χ0v) is 9.91. The van der Waals surface area contributed by atoms with E-state index < -0.39 is 0 Å². The maximum atomic E-state index is 10.4. The fourth-order valence-corrected chi connectivity index (χ4v) is 2.39. The highest BCUT2D eigenvalue weighted by Gasteiger charge is 2.11. The van der Waals surface area contributed by atoms with Crippen molar-refractivity contribution in [2.45, 2.75) is 0 Å². The summed E-state index contributed by atoms with van der Waals surface area (Å²) >= 11 is 0. The molecule has 2 aromatic rings. The summed E-state index contributed by atoms with van der Waals surface area (Å²) in [6.45, 7) is 0. The molecule has 4 rings (SSSR count). The molecular formula is C15H9N3O. The third-order valence-corrected chi connectivity index (χ3v) is 3.28. The summed E-state index contributed by atoms with van der Waals surface area (Å²) in [5, 5.41) is 13.9. The van der Waals surface area contributed by atoms with Crippen molar-refractivity contribution < 1.29 is 5.11 Å². The molecule has 2 aliphatic rings. The Morgan fingerprint density at radius 3 is 2.37 bits per heavy atom. The van der Waals surface area contributed by atoms with Crippen LogP contribution in [0.1, 0.15) is 0 Å². The van der Waals surface area contributed by atoms with Gasteiger partial charge in [-0.15, -0.1) is 0 Å². The summed E-state index contributed by atoms with van der Waals surface area (Å²) in [4.78, 5) is 12.7. The summed E-state index contributed by atoms with van der Waals surface area (Å²) in [5.74, 6) is 0.659. The maximum Gasteiger partial charge on any atom is 0.163 e. The molecule has 0 bridgehead atoms. The summed E-state index contributed by atoms with van der Waals surface area (Å²) in [6, 6.07) is 11.6. The number of rotatable bonds is 0. The topological polar surface area (TPSA) is 57.3 Å². The van der Waals surface area contributed by atoms with E-state index in [1.165, 1.54) is 0 Å². The average molecular weight is 247 g/mol. The molecule has 0 atom stereocenters. The Labute approximate surface area is 108 Å². The van der Waals surface area contributed by atoms with Crippen molar-refractivity contribution in [1.82, 2.24) is 0 Å². The normalized spacial score (nSPS) is 14.4. The lowest BCUT2D eigenvalue weighted by Crippen LogP contribution is -2.03. The van der Waals surface area contributed by atoms with Gasteiger partial charge in [-0.3, -0.25) is 0 Å². The van der Waals surface area contributed by atoms with Gasteiger partial charge in [0.25, 0.3) is 0 Å². The number of hydrogen-bond acceptors (Lipinski definition) is 4. The molecule has 4 nitrogen and oxygen atoms in total. The number of aromatic hydroxyl groups is 1. The third-order valence-electron chi connectivity index (χ3n) is 3.28. The molecule has 2 aliphatic heterocycles. The number of phenols is 1. The lowest BCUT2D eigenvalue weighted by molar-refractivity contribution is 0.471. The van der Waals surface area contributed by atoms with Crippen LogP contribution in [-0.4, -0.2) is 17.5 Å². The summed E-state index contributed by atoms with van der Waals surface area (Å²) in [6.07, 6.45) is 3.21. The van der Waals surface area contributed by atoms with Gasteiger partial charge >= 0.3 is 0 Å². The Kier molecular flexibility index (Phi) is 1.94. The molecule has 0 aliphatic carbocycles. The highest BCUT2D eigenvalue weighted by molar-refractivity contribution is 6.20. The molecule has 0 radical (unpaired) electrons. The third kappa shape index (κ3) is 1.37. The molecule has 19 heavy (non-hydrogen) atoms. The molecule has 2 heterocycles. The molecule has 0 saturated heterocycles. The van der Waals surface area contributed by atoms with Crippen molar-refractivity contribution in [1.29, 1.82) is 0 Å². The van der Waals surface area contributed by atoms with E-state index in [0.717, 1.165) is 15.8 Å². The largest absolute Gasteiger partial charge is 0.505 e. The van der Waals surface area contributed by atoms with Gasteiger partial charge in [-0.2, -0.15) is 0 Å². The zero-order valence-electron chi connectivity index (χ0n) is 9.91. The molecular weight excluding hydrogens is 238 g/mol. The Balaban J connectivity index is 2.20. The van der Waals surface area contributed by atoms with E-state index in [-0.39, 0.29) is 5.75 Å². The second-order valence-electron chi connectivity index (χ2n) is 4.37. The van der Waals surface area contributed by atoms with Crippen LogP contribution < -0.4 is 10.6 Å². The van der Waals surface area contributed by atoms with E-state index in [2.05, 4.69) is 15.0 Å².